The van der Waals surface area contributed by atoms with E-state index in [-0.39, 0.29) is 25.4 Å². The first-order valence-electron chi connectivity index (χ1n) is 4.83. The lowest BCUT2D eigenvalue weighted by Crippen LogP contribution is -2.42. The van der Waals surface area contributed by atoms with Crippen LogP contribution in [0.5, 0.6) is 0 Å². The lowest BCUT2D eigenvalue weighted by Gasteiger charge is -2.07. The van der Waals surface area contributed by atoms with E-state index in [1.54, 1.807) is 0 Å². The van der Waals surface area contributed by atoms with Gasteiger partial charge in [0.2, 0.25) is 0 Å². The number of hydrogen-bond donors (Lipinski definition) is 2. The fourth-order valence-corrected chi connectivity index (χ4v) is 0.840. The second kappa shape index (κ2) is 4.99. The van der Waals surface area contributed by atoms with Crippen LogP contribution in [-0.2, 0) is 18.9 Å². The minimum Gasteiger partial charge on any atom is -0.445 e. The molecule has 0 radical (unpaired) electrons. The number of nitrogens with one attached hydrogen (secondary N) is 2. The Kier molecular flexibility index (Phi) is 3.42. The van der Waals surface area contributed by atoms with Gasteiger partial charge in [-0.25, -0.2) is 20.4 Å². The average molecular weight is 232 g/mol. The van der Waals surface area contributed by atoms with Gasteiger partial charge in [0.1, 0.15) is 25.4 Å². The maximum atomic E-state index is 10.9. The third kappa shape index (κ3) is 4.32. The molecule has 0 bridgehead atoms. The van der Waals surface area contributed by atoms with Crippen LogP contribution in [0.15, 0.2) is 0 Å². The first kappa shape index (κ1) is 11.0. The maximum Gasteiger partial charge on any atom is 0.426 e. The summed E-state index contributed by atoms with van der Waals surface area (Å²) < 4.78 is 19.0. The van der Waals surface area contributed by atoms with Gasteiger partial charge >= 0.3 is 12.2 Å². The van der Waals surface area contributed by atoms with E-state index in [0.717, 1.165) is 0 Å². The third-order valence-corrected chi connectivity index (χ3v) is 1.87. The van der Waals surface area contributed by atoms with Gasteiger partial charge in [0, 0.05) is 0 Å². The number of rotatable bonds is 4. The summed E-state index contributed by atoms with van der Waals surface area (Å²) in [5, 5.41) is 0. The predicted molar refractivity (Wildman–Crippen MR) is 48.4 cm³/mol. The molecule has 0 aromatic carbocycles. The molecule has 2 rings (SSSR count). The van der Waals surface area contributed by atoms with Crippen molar-refractivity contribution >= 4 is 12.2 Å². The molecule has 2 unspecified atom stereocenters. The predicted octanol–water partition coefficient (Wildman–Crippen LogP) is -0.849. The zero-order chi connectivity index (χ0) is 11.4. The van der Waals surface area contributed by atoms with Crippen LogP contribution in [0.25, 0.3) is 0 Å². The SMILES string of the molecule is O=C(NNC(=O)OCC1CO1)OCC1CO1. The van der Waals surface area contributed by atoms with E-state index in [1.165, 1.54) is 0 Å². The van der Waals surface area contributed by atoms with E-state index < -0.39 is 12.2 Å². The Bertz CT molecular complexity index is 248. The highest BCUT2D eigenvalue weighted by molar-refractivity contribution is 5.73. The number of carbonyl (C=O) groups is 2. The van der Waals surface area contributed by atoms with E-state index in [4.69, 9.17) is 9.47 Å². The molecule has 0 aromatic heterocycles. The van der Waals surface area contributed by atoms with Gasteiger partial charge in [-0.2, -0.15) is 0 Å². The quantitative estimate of drug-likeness (QED) is 0.483. The number of amides is 2. The van der Waals surface area contributed by atoms with Crippen molar-refractivity contribution < 1.29 is 28.5 Å². The highest BCUT2D eigenvalue weighted by atomic mass is 16.6. The van der Waals surface area contributed by atoms with Crippen LogP contribution in [0.3, 0.4) is 0 Å². The first-order valence-corrected chi connectivity index (χ1v) is 4.83. The first-order chi connectivity index (χ1) is 7.74. The molecule has 2 N–H and O–H groups in total. The highest BCUT2D eigenvalue weighted by Gasteiger charge is 2.25. The van der Waals surface area contributed by atoms with Crippen LogP contribution >= 0.6 is 0 Å². The van der Waals surface area contributed by atoms with Gasteiger partial charge in [-0.05, 0) is 0 Å². The molecule has 2 fully saturated rings. The summed E-state index contributed by atoms with van der Waals surface area (Å²) in [7, 11) is 0. The standard InChI is InChI=1S/C8H12N2O6/c11-7(15-3-5-1-13-5)9-10-8(12)16-4-6-2-14-6/h5-6H,1-4H2,(H,9,11)(H,10,12). The van der Waals surface area contributed by atoms with Crippen molar-refractivity contribution in [1.82, 2.24) is 10.9 Å². The minimum absolute atomic E-state index is 0.00952. The molecule has 2 amide bonds. The van der Waals surface area contributed by atoms with Crippen molar-refractivity contribution in [3.8, 4) is 0 Å². The summed E-state index contributed by atoms with van der Waals surface area (Å²) in [6.07, 6.45) is -1.53. The van der Waals surface area contributed by atoms with Gasteiger partial charge in [0.15, 0.2) is 0 Å². The Morgan fingerprint density at radius 1 is 1.00 bits per heavy atom. The van der Waals surface area contributed by atoms with E-state index in [1.807, 2.05) is 10.9 Å². The summed E-state index contributed by atoms with van der Waals surface area (Å²) in [5.74, 6) is 0. The van der Waals surface area contributed by atoms with Crippen molar-refractivity contribution in [3.63, 3.8) is 0 Å². The molecule has 8 nitrogen and oxygen atoms in total. The van der Waals surface area contributed by atoms with Gasteiger partial charge in [0.25, 0.3) is 0 Å². The van der Waals surface area contributed by atoms with Crippen molar-refractivity contribution in [2.75, 3.05) is 26.4 Å². The Morgan fingerprint density at radius 2 is 1.38 bits per heavy atom. The molecule has 90 valence electrons. The van der Waals surface area contributed by atoms with E-state index in [0.29, 0.717) is 13.2 Å². The largest absolute Gasteiger partial charge is 0.445 e. The summed E-state index contributed by atoms with van der Waals surface area (Å²) >= 11 is 0. The molecule has 2 atom stereocenters. The highest BCUT2D eigenvalue weighted by Crippen LogP contribution is 2.08. The zero-order valence-corrected chi connectivity index (χ0v) is 8.43. The number of hydrazine groups is 1. The summed E-state index contributed by atoms with van der Waals surface area (Å²) in [6.45, 7) is 1.56. The lowest BCUT2D eigenvalue weighted by atomic mass is 10.5. The summed E-state index contributed by atoms with van der Waals surface area (Å²) in [6, 6.07) is 0. The molecule has 2 saturated heterocycles. The van der Waals surface area contributed by atoms with Gasteiger partial charge < -0.3 is 18.9 Å². The molecular formula is C8H12N2O6. The smallest absolute Gasteiger partial charge is 0.426 e. The molecule has 0 saturated carbocycles. The van der Waals surface area contributed by atoms with Gasteiger partial charge in [0.05, 0.1) is 13.2 Å². The van der Waals surface area contributed by atoms with Crippen molar-refractivity contribution in [1.29, 1.82) is 0 Å². The van der Waals surface area contributed by atoms with Gasteiger partial charge in [-0.3, -0.25) is 0 Å². The Balaban J connectivity index is 1.47. The Morgan fingerprint density at radius 3 is 1.69 bits per heavy atom. The number of carbonyl (C=O) groups excluding carboxylic acids is 2. The van der Waals surface area contributed by atoms with Crippen LogP contribution in [0.1, 0.15) is 0 Å². The van der Waals surface area contributed by atoms with E-state index >= 15 is 0 Å². The van der Waals surface area contributed by atoms with Gasteiger partial charge in [-0.1, -0.05) is 0 Å². The molecule has 8 heteroatoms. The van der Waals surface area contributed by atoms with Crippen LogP contribution in [0, 0.1) is 0 Å². The number of ether oxygens (including phenoxy) is 4. The van der Waals surface area contributed by atoms with Crippen molar-refractivity contribution in [2.45, 2.75) is 12.2 Å². The van der Waals surface area contributed by atoms with E-state index in [9.17, 15) is 9.59 Å². The zero-order valence-electron chi connectivity index (χ0n) is 8.43. The number of hydrogen-bond acceptors (Lipinski definition) is 6. The van der Waals surface area contributed by atoms with Crippen LogP contribution in [-0.4, -0.2) is 50.8 Å². The average Bonchev–Trinajstić information content (AvgIpc) is 3.15. The van der Waals surface area contributed by atoms with Crippen LogP contribution in [0.4, 0.5) is 9.59 Å². The van der Waals surface area contributed by atoms with Crippen molar-refractivity contribution in [3.05, 3.63) is 0 Å². The monoisotopic (exact) mass is 232 g/mol. The molecular weight excluding hydrogens is 220 g/mol. The van der Waals surface area contributed by atoms with E-state index in [2.05, 4.69) is 9.47 Å². The fraction of sp³-hybridized carbons (Fsp3) is 0.750. The number of epoxide rings is 2. The molecule has 0 spiro atoms. The Hall–Kier alpha value is -1.54. The normalized spacial score (nSPS) is 25.5. The second-order valence-electron chi connectivity index (χ2n) is 3.36. The van der Waals surface area contributed by atoms with Crippen LogP contribution in [0.2, 0.25) is 0 Å². The van der Waals surface area contributed by atoms with Crippen LogP contribution < -0.4 is 10.9 Å². The van der Waals surface area contributed by atoms with Crippen molar-refractivity contribution in [2.24, 2.45) is 0 Å². The summed E-state index contributed by atoms with van der Waals surface area (Å²) in [4.78, 5) is 21.9. The maximum absolute atomic E-state index is 10.9. The molecule has 0 aliphatic carbocycles. The van der Waals surface area contributed by atoms with Gasteiger partial charge in [-0.15, -0.1) is 0 Å². The topological polar surface area (TPSA) is 102 Å². The molecule has 2 heterocycles. The fourth-order valence-electron chi connectivity index (χ4n) is 0.840. The Labute approximate surface area is 91.1 Å². The molecule has 16 heavy (non-hydrogen) atoms. The second-order valence-corrected chi connectivity index (χ2v) is 3.36. The molecule has 0 aromatic rings. The molecule has 2 aliphatic rings. The third-order valence-electron chi connectivity index (χ3n) is 1.87. The molecule has 2 aliphatic heterocycles. The lowest BCUT2D eigenvalue weighted by molar-refractivity contribution is 0.115. The minimum atomic E-state index is -0.755. The summed E-state index contributed by atoms with van der Waals surface area (Å²) in [5.41, 5.74) is 4.06.